The van der Waals surface area contributed by atoms with Crippen molar-refractivity contribution in [2.75, 3.05) is 18.1 Å². The van der Waals surface area contributed by atoms with E-state index in [0.29, 0.717) is 5.69 Å². The number of ether oxygens (including phenoxy) is 1. The van der Waals surface area contributed by atoms with Crippen molar-refractivity contribution in [2.45, 2.75) is 13.8 Å². The van der Waals surface area contributed by atoms with E-state index in [4.69, 9.17) is 9.84 Å². The van der Waals surface area contributed by atoms with Gasteiger partial charge in [0.2, 0.25) is 0 Å². The number of carbonyl (C=O) groups is 2. The minimum atomic E-state index is -0.946. The lowest BCUT2D eigenvalue weighted by Crippen LogP contribution is -2.46. The maximum absolute atomic E-state index is 11.7. The maximum Gasteiger partial charge on any atom is 0.414 e. The molecule has 1 heterocycles. The standard InChI is InChI=1S/C13H15NO4/c1-8-4-3-5-11(9(8)2)14-6-10(12(15)16)7-18-13(14)17/h3-5,10H,6-7H2,1-2H3,(H,15,16). The number of anilines is 1. The first kappa shape index (κ1) is 12.4. The van der Waals surface area contributed by atoms with Gasteiger partial charge in [-0.25, -0.2) is 4.79 Å². The van der Waals surface area contributed by atoms with Crippen LogP contribution in [0.4, 0.5) is 10.5 Å². The molecule has 1 aliphatic heterocycles. The van der Waals surface area contributed by atoms with Crippen molar-refractivity contribution in [2.24, 2.45) is 5.92 Å². The molecule has 0 spiro atoms. The highest BCUT2D eigenvalue weighted by molar-refractivity contribution is 5.91. The van der Waals surface area contributed by atoms with Crippen LogP contribution in [0.15, 0.2) is 18.2 Å². The first-order chi connectivity index (χ1) is 8.50. The predicted octanol–water partition coefficient (Wildman–Crippen LogP) is 1.96. The number of amides is 1. The molecule has 1 aromatic rings. The molecule has 96 valence electrons. The summed E-state index contributed by atoms with van der Waals surface area (Å²) in [5.41, 5.74) is 2.73. The quantitative estimate of drug-likeness (QED) is 0.870. The fourth-order valence-corrected chi connectivity index (χ4v) is 1.97. The third kappa shape index (κ3) is 2.16. The predicted molar refractivity (Wildman–Crippen MR) is 65.7 cm³/mol. The average molecular weight is 249 g/mol. The van der Waals surface area contributed by atoms with Crippen LogP contribution >= 0.6 is 0 Å². The van der Waals surface area contributed by atoms with E-state index in [1.807, 2.05) is 26.0 Å². The van der Waals surface area contributed by atoms with E-state index in [2.05, 4.69) is 0 Å². The Hall–Kier alpha value is -2.04. The second kappa shape index (κ2) is 4.68. The van der Waals surface area contributed by atoms with E-state index in [0.717, 1.165) is 11.1 Å². The monoisotopic (exact) mass is 249 g/mol. The molecule has 5 heteroatoms. The molecule has 0 aliphatic carbocycles. The van der Waals surface area contributed by atoms with Crippen molar-refractivity contribution in [1.82, 2.24) is 0 Å². The van der Waals surface area contributed by atoms with Crippen LogP contribution in [0.5, 0.6) is 0 Å². The van der Waals surface area contributed by atoms with E-state index in [1.54, 1.807) is 6.07 Å². The third-order valence-electron chi connectivity index (χ3n) is 3.25. The fourth-order valence-electron chi connectivity index (χ4n) is 1.97. The average Bonchev–Trinajstić information content (AvgIpc) is 2.33. The van der Waals surface area contributed by atoms with Gasteiger partial charge >= 0.3 is 12.1 Å². The zero-order valence-electron chi connectivity index (χ0n) is 10.3. The summed E-state index contributed by atoms with van der Waals surface area (Å²) >= 11 is 0. The number of carboxylic acid groups (broad SMARTS) is 1. The van der Waals surface area contributed by atoms with Crippen molar-refractivity contribution in [3.63, 3.8) is 0 Å². The number of aliphatic carboxylic acids is 1. The van der Waals surface area contributed by atoms with Gasteiger partial charge in [-0.3, -0.25) is 9.69 Å². The van der Waals surface area contributed by atoms with Crippen molar-refractivity contribution >= 4 is 17.7 Å². The van der Waals surface area contributed by atoms with E-state index in [9.17, 15) is 9.59 Å². The first-order valence-corrected chi connectivity index (χ1v) is 5.74. The Morgan fingerprint density at radius 2 is 2.17 bits per heavy atom. The number of nitrogens with zero attached hydrogens (tertiary/aromatic N) is 1. The van der Waals surface area contributed by atoms with Gasteiger partial charge in [0, 0.05) is 6.54 Å². The molecule has 0 saturated carbocycles. The van der Waals surface area contributed by atoms with Gasteiger partial charge in [0.25, 0.3) is 0 Å². The highest BCUT2D eigenvalue weighted by atomic mass is 16.6. The van der Waals surface area contributed by atoms with Crippen LogP contribution < -0.4 is 4.90 Å². The van der Waals surface area contributed by atoms with Crippen molar-refractivity contribution < 1.29 is 19.4 Å². The van der Waals surface area contributed by atoms with Gasteiger partial charge < -0.3 is 9.84 Å². The van der Waals surface area contributed by atoms with Crippen LogP contribution in [0, 0.1) is 19.8 Å². The van der Waals surface area contributed by atoms with Crippen LogP contribution in [0.3, 0.4) is 0 Å². The molecule has 2 rings (SSSR count). The Morgan fingerprint density at radius 3 is 2.83 bits per heavy atom. The molecule has 18 heavy (non-hydrogen) atoms. The van der Waals surface area contributed by atoms with Crippen molar-refractivity contribution in [1.29, 1.82) is 0 Å². The van der Waals surface area contributed by atoms with E-state index in [-0.39, 0.29) is 13.2 Å². The van der Waals surface area contributed by atoms with Gasteiger partial charge in [-0.05, 0) is 31.0 Å². The minimum absolute atomic E-state index is 0.0600. The topological polar surface area (TPSA) is 66.8 Å². The normalized spacial score (nSPS) is 19.6. The molecule has 1 N–H and O–H groups in total. The zero-order valence-corrected chi connectivity index (χ0v) is 10.3. The van der Waals surface area contributed by atoms with Crippen LogP contribution in [-0.4, -0.2) is 30.3 Å². The Morgan fingerprint density at radius 1 is 1.44 bits per heavy atom. The lowest BCUT2D eigenvalue weighted by atomic mass is 10.0. The van der Waals surface area contributed by atoms with Crippen LogP contribution in [0.2, 0.25) is 0 Å². The van der Waals surface area contributed by atoms with E-state index < -0.39 is 18.0 Å². The molecule has 0 bridgehead atoms. The van der Waals surface area contributed by atoms with Gasteiger partial charge in [0.05, 0.1) is 5.69 Å². The van der Waals surface area contributed by atoms with Crippen LogP contribution in [0.25, 0.3) is 0 Å². The molecule has 1 aromatic carbocycles. The fraction of sp³-hybridized carbons (Fsp3) is 0.385. The number of benzene rings is 1. The second-order valence-electron chi connectivity index (χ2n) is 4.44. The molecule has 1 saturated heterocycles. The third-order valence-corrected chi connectivity index (χ3v) is 3.25. The molecule has 0 aromatic heterocycles. The van der Waals surface area contributed by atoms with Crippen molar-refractivity contribution in [3.05, 3.63) is 29.3 Å². The molecular formula is C13H15NO4. The molecule has 1 amide bonds. The van der Waals surface area contributed by atoms with Crippen molar-refractivity contribution in [3.8, 4) is 0 Å². The zero-order chi connectivity index (χ0) is 13.3. The summed E-state index contributed by atoms with van der Waals surface area (Å²) in [5.74, 6) is -1.62. The maximum atomic E-state index is 11.7. The smallest absolute Gasteiger partial charge is 0.414 e. The lowest BCUT2D eigenvalue weighted by Gasteiger charge is -2.31. The van der Waals surface area contributed by atoms with Gasteiger partial charge in [-0.1, -0.05) is 12.1 Å². The van der Waals surface area contributed by atoms with Gasteiger partial charge in [0.15, 0.2) is 0 Å². The number of hydrogen-bond acceptors (Lipinski definition) is 3. The summed E-state index contributed by atoms with van der Waals surface area (Å²) in [6.45, 7) is 3.94. The highest BCUT2D eigenvalue weighted by Crippen LogP contribution is 2.26. The second-order valence-corrected chi connectivity index (χ2v) is 4.44. The summed E-state index contributed by atoms with van der Waals surface area (Å²) in [6, 6.07) is 5.59. The number of cyclic esters (lactones) is 1. The van der Waals surface area contributed by atoms with E-state index >= 15 is 0 Å². The van der Waals surface area contributed by atoms with Gasteiger partial charge in [-0.15, -0.1) is 0 Å². The Bertz CT molecular complexity index is 498. The van der Waals surface area contributed by atoms with E-state index in [1.165, 1.54) is 4.90 Å². The summed E-state index contributed by atoms with van der Waals surface area (Å²) in [4.78, 5) is 24.1. The summed E-state index contributed by atoms with van der Waals surface area (Å²) in [7, 11) is 0. The molecule has 1 aliphatic rings. The lowest BCUT2D eigenvalue weighted by molar-refractivity contribution is -0.143. The summed E-state index contributed by atoms with van der Waals surface area (Å²) < 4.78 is 4.92. The Balaban J connectivity index is 2.33. The SMILES string of the molecule is Cc1cccc(N2CC(C(=O)O)COC2=O)c1C. The number of aryl methyl sites for hydroxylation is 1. The number of rotatable bonds is 2. The molecule has 1 atom stereocenters. The number of carbonyl (C=O) groups excluding carboxylic acids is 1. The number of carboxylic acids is 1. The van der Waals surface area contributed by atoms with Crippen LogP contribution in [0.1, 0.15) is 11.1 Å². The van der Waals surface area contributed by atoms with Gasteiger partial charge in [-0.2, -0.15) is 0 Å². The molecule has 5 nitrogen and oxygen atoms in total. The first-order valence-electron chi connectivity index (χ1n) is 5.74. The summed E-state index contributed by atoms with van der Waals surface area (Å²) in [6.07, 6.45) is -0.485. The summed E-state index contributed by atoms with van der Waals surface area (Å²) in [5, 5.41) is 9.00. The van der Waals surface area contributed by atoms with Crippen LogP contribution in [-0.2, 0) is 9.53 Å². The minimum Gasteiger partial charge on any atom is -0.481 e. The highest BCUT2D eigenvalue weighted by Gasteiger charge is 2.33. The largest absolute Gasteiger partial charge is 0.481 e. The van der Waals surface area contributed by atoms with Gasteiger partial charge in [0.1, 0.15) is 12.5 Å². The molecular weight excluding hydrogens is 234 g/mol. The molecule has 1 unspecified atom stereocenters. The number of hydrogen-bond donors (Lipinski definition) is 1. The molecule has 0 radical (unpaired) electrons. The molecule has 1 fully saturated rings. The Kier molecular flexibility index (Phi) is 3.23. The Labute approximate surface area is 105 Å².